The number of thiocarbonyl (C=S) groups is 1. The van der Waals surface area contributed by atoms with E-state index in [1.165, 1.54) is 16.7 Å². The largest absolute Gasteiger partial charge is 0.493 e. The Bertz CT molecular complexity index is 748. The molecule has 0 spiro atoms. The number of rotatable bonds is 9. The molecule has 0 radical (unpaired) electrons. The average molecular weight is 410 g/mol. The molecule has 1 saturated heterocycles. The number of carbonyl (C=O) groups excluding carboxylic acids is 2. The Morgan fingerprint density at radius 2 is 2.00 bits per heavy atom. The number of hydrogen-bond acceptors (Lipinski definition) is 7. The highest BCUT2D eigenvalue weighted by atomic mass is 32.2. The van der Waals surface area contributed by atoms with Crippen molar-refractivity contribution in [3.05, 3.63) is 28.7 Å². The summed E-state index contributed by atoms with van der Waals surface area (Å²) in [6.07, 6.45) is 3.35. The minimum atomic E-state index is -0.247. The molecule has 0 saturated carbocycles. The molecule has 0 bridgehead atoms. The summed E-state index contributed by atoms with van der Waals surface area (Å²) in [6.45, 7) is 2.77. The van der Waals surface area contributed by atoms with Crippen molar-refractivity contribution in [2.45, 2.75) is 26.2 Å². The number of hydrogen-bond donors (Lipinski definition) is 0. The van der Waals surface area contributed by atoms with E-state index < -0.39 is 0 Å². The molecular formula is C19H23NO5S2. The molecular weight excluding hydrogens is 386 g/mol. The average Bonchev–Trinajstić information content (AvgIpc) is 2.93. The number of thioether (sulfide) groups is 1. The van der Waals surface area contributed by atoms with E-state index in [2.05, 4.69) is 0 Å². The van der Waals surface area contributed by atoms with Crippen LogP contribution >= 0.6 is 24.0 Å². The fourth-order valence-electron chi connectivity index (χ4n) is 2.46. The van der Waals surface area contributed by atoms with E-state index in [9.17, 15) is 9.59 Å². The van der Waals surface area contributed by atoms with Crippen LogP contribution in [-0.2, 0) is 14.3 Å². The first-order valence-corrected chi connectivity index (χ1v) is 9.85. The van der Waals surface area contributed by atoms with E-state index in [4.69, 9.17) is 26.4 Å². The maximum atomic E-state index is 12.6. The standard InChI is InChI=1S/C19H23NO5S2/c1-4-10-25-17(21)6-5-9-20-18(22)16(27-19(20)26)12-13-7-8-14(23-2)15(11-13)24-3/h7-8,11-12H,4-6,9-10H2,1-3H3/b16-12-. The highest BCUT2D eigenvalue weighted by Gasteiger charge is 2.31. The van der Waals surface area contributed by atoms with E-state index in [-0.39, 0.29) is 18.3 Å². The number of amides is 1. The van der Waals surface area contributed by atoms with Crippen LogP contribution in [0, 0.1) is 0 Å². The fraction of sp³-hybridized carbons (Fsp3) is 0.421. The summed E-state index contributed by atoms with van der Waals surface area (Å²) < 4.78 is 16.0. The Morgan fingerprint density at radius 3 is 2.67 bits per heavy atom. The topological polar surface area (TPSA) is 65.1 Å². The molecule has 1 fully saturated rings. The molecule has 1 aliphatic rings. The van der Waals surface area contributed by atoms with Crippen molar-refractivity contribution in [1.82, 2.24) is 4.90 Å². The van der Waals surface area contributed by atoms with Gasteiger partial charge in [-0.15, -0.1) is 0 Å². The lowest BCUT2D eigenvalue weighted by Crippen LogP contribution is -2.29. The highest BCUT2D eigenvalue weighted by molar-refractivity contribution is 8.26. The summed E-state index contributed by atoms with van der Waals surface area (Å²) in [5.74, 6) is 0.814. The second-order valence-electron chi connectivity index (χ2n) is 5.77. The Balaban J connectivity index is 2.00. The summed E-state index contributed by atoms with van der Waals surface area (Å²) in [4.78, 5) is 26.3. The Labute approximate surface area is 168 Å². The molecule has 146 valence electrons. The maximum Gasteiger partial charge on any atom is 0.305 e. The van der Waals surface area contributed by atoms with Crippen LogP contribution in [-0.4, -0.2) is 48.5 Å². The van der Waals surface area contributed by atoms with Crippen LogP contribution in [0.2, 0.25) is 0 Å². The van der Waals surface area contributed by atoms with E-state index >= 15 is 0 Å². The van der Waals surface area contributed by atoms with Gasteiger partial charge >= 0.3 is 5.97 Å². The third-order valence-corrected chi connectivity index (χ3v) is 5.19. The summed E-state index contributed by atoms with van der Waals surface area (Å²) in [6, 6.07) is 5.43. The van der Waals surface area contributed by atoms with Crippen molar-refractivity contribution < 1.29 is 23.8 Å². The highest BCUT2D eigenvalue weighted by Crippen LogP contribution is 2.34. The molecule has 1 aromatic carbocycles. The molecule has 1 aliphatic heterocycles. The van der Waals surface area contributed by atoms with Gasteiger partial charge in [-0.25, -0.2) is 0 Å². The van der Waals surface area contributed by atoms with E-state index in [0.717, 1.165) is 12.0 Å². The quantitative estimate of drug-likeness (QED) is 0.350. The fourth-order valence-corrected chi connectivity index (χ4v) is 3.76. The smallest absolute Gasteiger partial charge is 0.305 e. The SMILES string of the molecule is CCCOC(=O)CCCN1C(=O)/C(=C/c2ccc(OC)c(OC)c2)SC1=S. The zero-order valence-corrected chi connectivity index (χ0v) is 17.3. The third-order valence-electron chi connectivity index (χ3n) is 3.81. The Kier molecular flexibility index (Phi) is 8.12. The van der Waals surface area contributed by atoms with Crippen molar-refractivity contribution in [3.63, 3.8) is 0 Å². The first-order chi connectivity index (χ1) is 13.0. The molecule has 0 unspecified atom stereocenters. The van der Waals surface area contributed by atoms with Gasteiger partial charge in [0.05, 0.1) is 25.7 Å². The van der Waals surface area contributed by atoms with Crippen molar-refractivity contribution in [2.24, 2.45) is 0 Å². The van der Waals surface area contributed by atoms with Crippen molar-refractivity contribution in [1.29, 1.82) is 0 Å². The third kappa shape index (κ3) is 5.71. The van der Waals surface area contributed by atoms with Crippen LogP contribution in [0.4, 0.5) is 0 Å². The summed E-state index contributed by atoms with van der Waals surface area (Å²) >= 11 is 6.57. The van der Waals surface area contributed by atoms with E-state index in [1.54, 1.807) is 32.4 Å². The molecule has 0 aromatic heterocycles. The molecule has 0 atom stereocenters. The molecule has 0 aliphatic carbocycles. The first-order valence-electron chi connectivity index (χ1n) is 8.63. The zero-order valence-electron chi connectivity index (χ0n) is 15.6. The van der Waals surface area contributed by atoms with Gasteiger partial charge < -0.3 is 14.2 Å². The van der Waals surface area contributed by atoms with Crippen LogP contribution in [0.3, 0.4) is 0 Å². The van der Waals surface area contributed by atoms with Crippen LogP contribution < -0.4 is 9.47 Å². The molecule has 27 heavy (non-hydrogen) atoms. The zero-order chi connectivity index (χ0) is 19.8. The first kappa shape index (κ1) is 21.2. The van der Waals surface area contributed by atoms with Gasteiger partial charge in [0.1, 0.15) is 4.32 Å². The molecule has 1 aromatic rings. The molecule has 1 heterocycles. The van der Waals surface area contributed by atoms with Crippen LogP contribution in [0.5, 0.6) is 11.5 Å². The predicted molar refractivity (Wildman–Crippen MR) is 110 cm³/mol. The van der Waals surface area contributed by atoms with Crippen LogP contribution in [0.1, 0.15) is 31.7 Å². The van der Waals surface area contributed by atoms with Gasteiger partial charge in [-0.1, -0.05) is 37.0 Å². The number of carbonyl (C=O) groups is 2. The molecule has 6 nitrogen and oxygen atoms in total. The summed E-state index contributed by atoms with van der Waals surface area (Å²) in [7, 11) is 3.13. The Morgan fingerprint density at radius 1 is 1.26 bits per heavy atom. The second-order valence-corrected chi connectivity index (χ2v) is 7.45. The molecule has 2 rings (SSSR count). The molecule has 0 N–H and O–H groups in total. The lowest BCUT2D eigenvalue weighted by molar-refractivity contribution is -0.144. The van der Waals surface area contributed by atoms with Crippen molar-refractivity contribution in [2.75, 3.05) is 27.4 Å². The van der Waals surface area contributed by atoms with Crippen LogP contribution in [0.25, 0.3) is 6.08 Å². The minimum absolute atomic E-state index is 0.151. The predicted octanol–water partition coefficient (Wildman–Crippen LogP) is 3.64. The number of methoxy groups -OCH3 is 2. The van der Waals surface area contributed by atoms with Gasteiger partial charge in [-0.2, -0.15) is 0 Å². The second kappa shape index (κ2) is 10.3. The van der Waals surface area contributed by atoms with Crippen LogP contribution in [0.15, 0.2) is 23.1 Å². The maximum absolute atomic E-state index is 12.6. The van der Waals surface area contributed by atoms with Gasteiger partial charge in [0, 0.05) is 13.0 Å². The van der Waals surface area contributed by atoms with Gasteiger partial charge in [0.15, 0.2) is 11.5 Å². The van der Waals surface area contributed by atoms with E-state index in [0.29, 0.717) is 40.3 Å². The number of nitrogens with zero attached hydrogens (tertiary/aromatic N) is 1. The van der Waals surface area contributed by atoms with Gasteiger partial charge in [0.2, 0.25) is 0 Å². The summed E-state index contributed by atoms with van der Waals surface area (Å²) in [5, 5.41) is 0. The van der Waals surface area contributed by atoms with Gasteiger partial charge in [0.25, 0.3) is 5.91 Å². The Hall–Kier alpha value is -2.06. The molecule has 1 amide bonds. The van der Waals surface area contributed by atoms with Gasteiger partial charge in [-0.3, -0.25) is 14.5 Å². The monoisotopic (exact) mass is 409 g/mol. The number of benzene rings is 1. The van der Waals surface area contributed by atoms with E-state index in [1.807, 2.05) is 13.0 Å². The molecule has 8 heteroatoms. The van der Waals surface area contributed by atoms with Crippen molar-refractivity contribution >= 4 is 46.3 Å². The lowest BCUT2D eigenvalue weighted by atomic mass is 10.2. The minimum Gasteiger partial charge on any atom is -0.493 e. The normalized spacial score (nSPS) is 15.4. The number of ether oxygens (including phenoxy) is 3. The van der Waals surface area contributed by atoms with Crippen molar-refractivity contribution in [3.8, 4) is 11.5 Å². The lowest BCUT2D eigenvalue weighted by Gasteiger charge is -2.13. The number of esters is 1. The van der Waals surface area contributed by atoms with Gasteiger partial charge in [-0.05, 0) is 36.6 Å². The summed E-state index contributed by atoms with van der Waals surface area (Å²) in [5.41, 5.74) is 0.816.